The Labute approximate surface area is 113 Å². The minimum atomic E-state index is -0.376. The van der Waals surface area contributed by atoms with Gasteiger partial charge in [-0.25, -0.2) is 4.98 Å². The molecule has 2 heterocycles. The molecular formula is C13H11N5O2. The summed E-state index contributed by atoms with van der Waals surface area (Å²) in [6.45, 7) is 1.64. The number of rotatable bonds is 2. The molecule has 0 bridgehead atoms. The van der Waals surface area contributed by atoms with Crippen molar-refractivity contribution in [1.29, 1.82) is 0 Å². The first-order chi connectivity index (χ1) is 9.63. The molecule has 0 aliphatic heterocycles. The highest BCUT2D eigenvalue weighted by atomic mass is 16.4. The Morgan fingerprint density at radius 3 is 2.85 bits per heavy atom. The van der Waals surface area contributed by atoms with Crippen molar-refractivity contribution in [1.82, 2.24) is 15.2 Å². The number of para-hydroxylation sites is 1. The fourth-order valence-electron chi connectivity index (χ4n) is 1.90. The van der Waals surface area contributed by atoms with Gasteiger partial charge >= 0.3 is 6.01 Å². The van der Waals surface area contributed by atoms with Gasteiger partial charge in [-0.2, -0.15) is 0 Å². The molecule has 3 rings (SSSR count). The van der Waals surface area contributed by atoms with Crippen molar-refractivity contribution in [3.63, 3.8) is 0 Å². The van der Waals surface area contributed by atoms with Crippen LogP contribution >= 0.6 is 0 Å². The van der Waals surface area contributed by atoms with Crippen LogP contribution in [0.3, 0.4) is 0 Å². The van der Waals surface area contributed by atoms with E-state index in [1.54, 1.807) is 19.1 Å². The van der Waals surface area contributed by atoms with Crippen LogP contribution in [0.2, 0.25) is 0 Å². The molecule has 0 saturated heterocycles. The lowest BCUT2D eigenvalue weighted by molar-refractivity contribution is 0.102. The SMILES string of the molecule is Cc1nnc(NC(=O)c2cc(N)nc3ccccc23)o1. The van der Waals surface area contributed by atoms with E-state index in [-0.39, 0.29) is 17.7 Å². The molecule has 0 aliphatic carbocycles. The van der Waals surface area contributed by atoms with Crippen molar-refractivity contribution in [3.05, 3.63) is 41.8 Å². The predicted molar refractivity (Wildman–Crippen MR) is 73.1 cm³/mol. The van der Waals surface area contributed by atoms with E-state index in [4.69, 9.17) is 10.2 Å². The smallest absolute Gasteiger partial charge is 0.322 e. The van der Waals surface area contributed by atoms with Crippen molar-refractivity contribution in [2.24, 2.45) is 0 Å². The number of nitrogens with one attached hydrogen (secondary N) is 1. The topological polar surface area (TPSA) is 107 Å². The first kappa shape index (κ1) is 12.1. The summed E-state index contributed by atoms with van der Waals surface area (Å²) in [5, 5.41) is 10.6. The van der Waals surface area contributed by atoms with Gasteiger partial charge in [-0.05, 0) is 12.1 Å². The maximum absolute atomic E-state index is 12.3. The summed E-state index contributed by atoms with van der Waals surface area (Å²) in [6, 6.07) is 8.81. The van der Waals surface area contributed by atoms with Gasteiger partial charge in [0, 0.05) is 12.3 Å². The Morgan fingerprint density at radius 2 is 2.10 bits per heavy atom. The van der Waals surface area contributed by atoms with Crippen molar-refractivity contribution < 1.29 is 9.21 Å². The first-order valence-corrected chi connectivity index (χ1v) is 5.90. The third-order valence-electron chi connectivity index (χ3n) is 2.73. The number of hydrogen-bond acceptors (Lipinski definition) is 6. The molecule has 3 N–H and O–H groups in total. The van der Waals surface area contributed by atoms with Gasteiger partial charge in [0.15, 0.2) is 0 Å². The first-order valence-electron chi connectivity index (χ1n) is 5.90. The van der Waals surface area contributed by atoms with E-state index in [9.17, 15) is 4.79 Å². The second kappa shape index (κ2) is 4.61. The molecule has 0 saturated carbocycles. The number of nitrogen functional groups attached to an aromatic ring is 1. The van der Waals surface area contributed by atoms with E-state index in [0.717, 1.165) is 0 Å². The van der Waals surface area contributed by atoms with Crippen LogP contribution in [0.15, 0.2) is 34.7 Å². The predicted octanol–water partition coefficient (Wildman–Crippen LogP) is 1.76. The zero-order valence-corrected chi connectivity index (χ0v) is 10.6. The van der Waals surface area contributed by atoms with Crippen molar-refractivity contribution in [2.45, 2.75) is 6.92 Å². The summed E-state index contributed by atoms with van der Waals surface area (Å²) >= 11 is 0. The number of carbonyl (C=O) groups is 1. The number of benzene rings is 1. The van der Waals surface area contributed by atoms with Crippen molar-refractivity contribution in [3.8, 4) is 0 Å². The minimum Gasteiger partial charge on any atom is -0.408 e. The Kier molecular flexibility index (Phi) is 2.79. The molecule has 0 fully saturated rings. The summed E-state index contributed by atoms with van der Waals surface area (Å²) in [7, 11) is 0. The van der Waals surface area contributed by atoms with E-state index in [2.05, 4.69) is 20.5 Å². The zero-order chi connectivity index (χ0) is 14.1. The van der Waals surface area contributed by atoms with Crippen LogP contribution < -0.4 is 11.1 Å². The molecule has 100 valence electrons. The van der Waals surface area contributed by atoms with Crippen LogP contribution in [0.5, 0.6) is 0 Å². The summed E-state index contributed by atoms with van der Waals surface area (Å²) in [6.07, 6.45) is 0. The second-order valence-corrected chi connectivity index (χ2v) is 4.19. The number of nitrogens with zero attached hydrogens (tertiary/aromatic N) is 3. The van der Waals surface area contributed by atoms with Crippen LogP contribution in [0, 0.1) is 6.92 Å². The number of hydrogen-bond donors (Lipinski definition) is 2. The normalized spacial score (nSPS) is 10.7. The summed E-state index contributed by atoms with van der Waals surface area (Å²) in [5.74, 6) is 0.272. The molecule has 0 atom stereocenters. The van der Waals surface area contributed by atoms with Gasteiger partial charge in [0.05, 0.1) is 11.1 Å². The van der Waals surface area contributed by atoms with E-state index >= 15 is 0 Å². The highest BCUT2D eigenvalue weighted by Gasteiger charge is 2.14. The van der Waals surface area contributed by atoms with Gasteiger partial charge in [0.1, 0.15) is 5.82 Å². The lowest BCUT2D eigenvalue weighted by atomic mass is 10.1. The standard InChI is InChI=1S/C13H11N5O2/c1-7-17-18-13(20-7)16-12(19)9-6-11(14)15-10-5-3-2-4-8(9)10/h2-6H,1H3,(H2,14,15)(H,16,18,19). The monoisotopic (exact) mass is 269 g/mol. The quantitative estimate of drug-likeness (QED) is 0.734. The van der Waals surface area contributed by atoms with Gasteiger partial charge in [0.2, 0.25) is 5.89 Å². The molecule has 1 amide bonds. The molecule has 7 nitrogen and oxygen atoms in total. The van der Waals surface area contributed by atoms with E-state index in [0.29, 0.717) is 22.4 Å². The number of pyridine rings is 1. The molecule has 0 radical (unpaired) electrons. The Hall–Kier alpha value is -2.96. The molecule has 7 heteroatoms. The molecule has 0 spiro atoms. The van der Waals surface area contributed by atoms with Crippen LogP contribution in [-0.2, 0) is 0 Å². The minimum absolute atomic E-state index is 0.0481. The highest BCUT2D eigenvalue weighted by molar-refractivity contribution is 6.12. The largest absolute Gasteiger partial charge is 0.408 e. The lowest BCUT2D eigenvalue weighted by Gasteiger charge is -2.06. The Bertz CT molecular complexity index is 796. The number of aryl methyl sites for hydroxylation is 1. The Morgan fingerprint density at radius 1 is 1.30 bits per heavy atom. The van der Waals surface area contributed by atoms with Gasteiger partial charge < -0.3 is 10.2 Å². The fourth-order valence-corrected chi connectivity index (χ4v) is 1.90. The van der Waals surface area contributed by atoms with E-state index < -0.39 is 0 Å². The number of anilines is 2. The summed E-state index contributed by atoms with van der Waals surface area (Å²) in [5.41, 5.74) is 6.78. The van der Waals surface area contributed by atoms with Crippen LogP contribution in [-0.4, -0.2) is 21.1 Å². The zero-order valence-electron chi connectivity index (χ0n) is 10.6. The van der Waals surface area contributed by atoms with E-state index in [1.807, 2.05) is 12.1 Å². The van der Waals surface area contributed by atoms with Gasteiger partial charge in [-0.3, -0.25) is 10.1 Å². The number of nitrogens with two attached hydrogens (primary N) is 1. The van der Waals surface area contributed by atoms with Crippen molar-refractivity contribution in [2.75, 3.05) is 11.1 Å². The van der Waals surface area contributed by atoms with Crippen molar-refractivity contribution >= 4 is 28.6 Å². The van der Waals surface area contributed by atoms with Crippen LogP contribution in [0.25, 0.3) is 10.9 Å². The number of aromatic nitrogens is 3. The summed E-state index contributed by atoms with van der Waals surface area (Å²) < 4.78 is 5.12. The maximum atomic E-state index is 12.3. The number of amides is 1. The average molecular weight is 269 g/mol. The van der Waals surface area contributed by atoms with Gasteiger partial charge in [0.25, 0.3) is 5.91 Å². The number of fused-ring (bicyclic) bond motifs is 1. The highest BCUT2D eigenvalue weighted by Crippen LogP contribution is 2.20. The van der Waals surface area contributed by atoms with E-state index in [1.165, 1.54) is 6.07 Å². The summed E-state index contributed by atoms with van der Waals surface area (Å²) in [4.78, 5) is 16.4. The fraction of sp³-hybridized carbons (Fsp3) is 0.0769. The third kappa shape index (κ3) is 2.16. The second-order valence-electron chi connectivity index (χ2n) is 4.19. The molecule has 2 aromatic heterocycles. The lowest BCUT2D eigenvalue weighted by Crippen LogP contribution is -2.13. The molecular weight excluding hydrogens is 258 g/mol. The molecule has 0 unspecified atom stereocenters. The molecule has 20 heavy (non-hydrogen) atoms. The van der Waals surface area contributed by atoms with Gasteiger partial charge in [-0.15, -0.1) is 5.10 Å². The molecule has 3 aromatic rings. The molecule has 1 aromatic carbocycles. The maximum Gasteiger partial charge on any atom is 0.322 e. The van der Waals surface area contributed by atoms with Crippen LogP contribution in [0.1, 0.15) is 16.2 Å². The third-order valence-corrected chi connectivity index (χ3v) is 2.73. The Balaban J connectivity index is 2.02. The number of carbonyl (C=O) groups excluding carboxylic acids is 1. The molecule has 0 aliphatic rings. The van der Waals surface area contributed by atoms with Gasteiger partial charge in [-0.1, -0.05) is 23.3 Å². The average Bonchev–Trinajstić information content (AvgIpc) is 2.83. The van der Waals surface area contributed by atoms with Crippen LogP contribution in [0.4, 0.5) is 11.8 Å².